The summed E-state index contributed by atoms with van der Waals surface area (Å²) in [4.78, 5) is 4.25. The smallest absolute Gasteiger partial charge is 0.139 e. The summed E-state index contributed by atoms with van der Waals surface area (Å²) in [6.45, 7) is 0. The van der Waals surface area contributed by atoms with Crippen LogP contribution in [-0.4, -0.2) is 9.55 Å². The molecule has 0 saturated heterocycles. The van der Waals surface area contributed by atoms with Crippen molar-refractivity contribution in [1.29, 1.82) is 0 Å². The van der Waals surface area contributed by atoms with Crippen molar-refractivity contribution >= 4 is 12.4 Å². The van der Waals surface area contributed by atoms with Crippen molar-refractivity contribution in [2.24, 2.45) is 7.05 Å². The Bertz CT molecular complexity index is 367. The number of hydrogen-bond donors (Lipinski definition) is 0. The minimum atomic E-state index is 0. The van der Waals surface area contributed by atoms with Gasteiger partial charge < -0.3 is 4.57 Å². The average molecular weight is 195 g/mol. The van der Waals surface area contributed by atoms with Crippen LogP contribution < -0.4 is 0 Å². The van der Waals surface area contributed by atoms with E-state index in [0.717, 1.165) is 11.4 Å². The molecule has 1 heterocycles. The topological polar surface area (TPSA) is 17.8 Å². The first-order valence-electron chi connectivity index (χ1n) is 3.90. The van der Waals surface area contributed by atoms with Crippen molar-refractivity contribution in [2.45, 2.75) is 0 Å². The zero-order valence-electron chi connectivity index (χ0n) is 7.34. The molecule has 0 unspecified atom stereocenters. The summed E-state index contributed by atoms with van der Waals surface area (Å²) in [5.74, 6) is 1.01. The second kappa shape index (κ2) is 4.10. The number of nitrogens with zero attached hydrogens (tertiary/aromatic N) is 2. The van der Waals surface area contributed by atoms with Gasteiger partial charge in [-0.15, -0.1) is 12.4 Å². The fourth-order valence-corrected chi connectivity index (χ4v) is 1.23. The molecule has 13 heavy (non-hydrogen) atoms. The van der Waals surface area contributed by atoms with Gasteiger partial charge in [0, 0.05) is 25.0 Å². The van der Waals surface area contributed by atoms with E-state index in [1.54, 1.807) is 0 Å². The first kappa shape index (κ1) is 9.81. The van der Waals surface area contributed by atoms with E-state index < -0.39 is 0 Å². The SMILES string of the molecule is Cl.Cn1ccnc1-c1ccccc1. The molecule has 68 valence electrons. The molecule has 2 nitrogen and oxygen atoms in total. The lowest BCUT2D eigenvalue weighted by Crippen LogP contribution is -1.89. The van der Waals surface area contributed by atoms with Crippen molar-refractivity contribution in [3.8, 4) is 11.4 Å². The third-order valence-corrected chi connectivity index (χ3v) is 1.85. The van der Waals surface area contributed by atoms with Crippen molar-refractivity contribution < 1.29 is 0 Å². The average Bonchev–Trinajstić information content (AvgIpc) is 2.53. The molecular formula is C10H11ClN2. The maximum Gasteiger partial charge on any atom is 0.139 e. The predicted octanol–water partition coefficient (Wildman–Crippen LogP) is 2.51. The first-order chi connectivity index (χ1) is 5.88. The number of halogens is 1. The second-order valence-corrected chi connectivity index (χ2v) is 2.73. The molecule has 0 aliphatic rings. The minimum absolute atomic E-state index is 0. The largest absolute Gasteiger partial charge is 0.334 e. The lowest BCUT2D eigenvalue weighted by molar-refractivity contribution is 0.925. The fraction of sp³-hybridized carbons (Fsp3) is 0.100. The fourth-order valence-electron chi connectivity index (χ4n) is 1.23. The summed E-state index contributed by atoms with van der Waals surface area (Å²) in [5, 5.41) is 0. The quantitative estimate of drug-likeness (QED) is 0.682. The normalized spacial score (nSPS) is 9.31. The van der Waals surface area contributed by atoms with Gasteiger partial charge in [0.05, 0.1) is 0 Å². The second-order valence-electron chi connectivity index (χ2n) is 2.73. The predicted molar refractivity (Wildman–Crippen MR) is 55.9 cm³/mol. The van der Waals surface area contributed by atoms with Crippen molar-refractivity contribution in [3.05, 3.63) is 42.7 Å². The lowest BCUT2D eigenvalue weighted by atomic mass is 10.2. The molecule has 0 spiro atoms. The molecule has 0 radical (unpaired) electrons. The van der Waals surface area contributed by atoms with Crippen LogP contribution in [0.3, 0.4) is 0 Å². The van der Waals surface area contributed by atoms with Crippen LogP contribution in [0.2, 0.25) is 0 Å². The van der Waals surface area contributed by atoms with Gasteiger partial charge in [-0.2, -0.15) is 0 Å². The third-order valence-electron chi connectivity index (χ3n) is 1.85. The van der Waals surface area contributed by atoms with E-state index in [2.05, 4.69) is 17.1 Å². The van der Waals surface area contributed by atoms with Crippen molar-refractivity contribution in [3.63, 3.8) is 0 Å². The zero-order valence-corrected chi connectivity index (χ0v) is 8.16. The molecular weight excluding hydrogens is 184 g/mol. The van der Waals surface area contributed by atoms with Gasteiger partial charge in [0.25, 0.3) is 0 Å². The highest BCUT2D eigenvalue weighted by atomic mass is 35.5. The standard InChI is InChI=1S/C10H10N2.ClH/c1-12-8-7-11-10(12)9-5-3-2-4-6-9;/h2-8H,1H3;1H. The molecule has 0 aliphatic carbocycles. The molecule has 0 atom stereocenters. The maximum atomic E-state index is 4.25. The number of aryl methyl sites for hydroxylation is 1. The molecule has 1 aromatic carbocycles. The van der Waals surface area contributed by atoms with Gasteiger partial charge in [0.2, 0.25) is 0 Å². The Hall–Kier alpha value is -1.28. The van der Waals surface area contributed by atoms with Gasteiger partial charge in [0.1, 0.15) is 5.82 Å². The highest BCUT2D eigenvalue weighted by molar-refractivity contribution is 5.85. The highest BCUT2D eigenvalue weighted by Gasteiger charge is 1.99. The highest BCUT2D eigenvalue weighted by Crippen LogP contribution is 2.14. The van der Waals surface area contributed by atoms with E-state index in [9.17, 15) is 0 Å². The van der Waals surface area contributed by atoms with Gasteiger partial charge in [-0.1, -0.05) is 30.3 Å². The Morgan fingerprint density at radius 3 is 2.38 bits per heavy atom. The molecule has 0 saturated carbocycles. The van der Waals surface area contributed by atoms with Crippen molar-refractivity contribution in [1.82, 2.24) is 9.55 Å². The van der Waals surface area contributed by atoms with Crippen LogP contribution in [0.1, 0.15) is 0 Å². The minimum Gasteiger partial charge on any atom is -0.334 e. The number of benzene rings is 1. The molecule has 0 amide bonds. The first-order valence-corrected chi connectivity index (χ1v) is 3.90. The summed E-state index contributed by atoms with van der Waals surface area (Å²) in [6.07, 6.45) is 3.75. The van der Waals surface area contributed by atoms with Crippen molar-refractivity contribution in [2.75, 3.05) is 0 Å². The Morgan fingerprint density at radius 2 is 1.85 bits per heavy atom. The summed E-state index contributed by atoms with van der Waals surface area (Å²) in [5.41, 5.74) is 1.16. The third kappa shape index (κ3) is 1.90. The summed E-state index contributed by atoms with van der Waals surface area (Å²) >= 11 is 0. The molecule has 1 aromatic heterocycles. The van der Waals surface area contributed by atoms with Crippen LogP contribution in [0.25, 0.3) is 11.4 Å². The number of aromatic nitrogens is 2. The Morgan fingerprint density at radius 1 is 1.15 bits per heavy atom. The molecule has 2 rings (SSSR count). The molecule has 2 aromatic rings. The number of rotatable bonds is 1. The van der Waals surface area contributed by atoms with Crippen LogP contribution >= 0.6 is 12.4 Å². The maximum absolute atomic E-state index is 4.25. The van der Waals surface area contributed by atoms with Gasteiger partial charge in [0.15, 0.2) is 0 Å². The Balaban J connectivity index is 0.000000845. The Labute approximate surface area is 83.6 Å². The molecule has 0 fully saturated rings. The summed E-state index contributed by atoms with van der Waals surface area (Å²) in [6, 6.07) is 10.2. The van der Waals surface area contributed by atoms with Crippen LogP contribution in [0.4, 0.5) is 0 Å². The molecule has 0 aliphatic heterocycles. The van der Waals surface area contributed by atoms with Gasteiger partial charge in [-0.3, -0.25) is 0 Å². The molecule has 0 bridgehead atoms. The zero-order chi connectivity index (χ0) is 8.39. The van der Waals surface area contributed by atoms with Crippen LogP contribution in [0.5, 0.6) is 0 Å². The van der Waals surface area contributed by atoms with Gasteiger partial charge in [-0.25, -0.2) is 4.98 Å². The Kier molecular flexibility index (Phi) is 3.09. The summed E-state index contributed by atoms with van der Waals surface area (Å²) in [7, 11) is 2.00. The van der Waals surface area contributed by atoms with E-state index in [1.165, 1.54) is 0 Å². The van der Waals surface area contributed by atoms with E-state index in [1.807, 2.05) is 42.2 Å². The van der Waals surface area contributed by atoms with Gasteiger partial charge >= 0.3 is 0 Å². The van der Waals surface area contributed by atoms with Crippen LogP contribution in [-0.2, 0) is 7.05 Å². The van der Waals surface area contributed by atoms with E-state index in [-0.39, 0.29) is 12.4 Å². The van der Waals surface area contributed by atoms with E-state index in [0.29, 0.717) is 0 Å². The van der Waals surface area contributed by atoms with E-state index in [4.69, 9.17) is 0 Å². The number of imidazole rings is 1. The lowest BCUT2D eigenvalue weighted by Gasteiger charge is -1.99. The van der Waals surface area contributed by atoms with Crippen LogP contribution in [0.15, 0.2) is 42.7 Å². The van der Waals surface area contributed by atoms with E-state index >= 15 is 0 Å². The monoisotopic (exact) mass is 194 g/mol. The van der Waals surface area contributed by atoms with Crippen LogP contribution in [0, 0.1) is 0 Å². The molecule has 3 heteroatoms. The molecule has 0 N–H and O–H groups in total. The number of hydrogen-bond acceptors (Lipinski definition) is 1. The summed E-state index contributed by atoms with van der Waals surface area (Å²) < 4.78 is 2.01. The van der Waals surface area contributed by atoms with Gasteiger partial charge in [-0.05, 0) is 0 Å².